The number of hydrogen-bond acceptors (Lipinski definition) is 6. The number of halogens is 1. The van der Waals surface area contributed by atoms with Crippen molar-refractivity contribution >= 4 is 28.7 Å². The van der Waals surface area contributed by atoms with Crippen LogP contribution in [0.2, 0.25) is 0 Å². The smallest absolute Gasteiger partial charge is 0.355 e. The molecule has 7 rings (SSSR count). The van der Waals surface area contributed by atoms with Gasteiger partial charge in [0, 0.05) is 22.9 Å². The second-order valence-electron chi connectivity index (χ2n) is 11.7. The van der Waals surface area contributed by atoms with E-state index in [1.807, 2.05) is 12.1 Å². The van der Waals surface area contributed by atoms with E-state index in [-0.39, 0.29) is 10.6 Å². The first-order valence-corrected chi connectivity index (χ1v) is 16.9. The molecule has 0 aliphatic heterocycles. The molecule has 0 radical (unpaired) electrons. The molecule has 7 nitrogen and oxygen atoms in total. The fourth-order valence-electron chi connectivity index (χ4n) is 6.11. The van der Waals surface area contributed by atoms with Crippen LogP contribution in [0.25, 0.3) is 27.5 Å². The lowest BCUT2D eigenvalue weighted by atomic mass is 9.88. The molecular formula is C34H31FN4O3S2. The van der Waals surface area contributed by atoms with Crippen molar-refractivity contribution in [1.29, 1.82) is 0 Å². The zero-order valence-electron chi connectivity index (χ0n) is 24.0. The number of fused-ring (bicyclic) bond motifs is 1. The molecule has 3 N–H and O–H groups in total. The Kier molecular flexibility index (Phi) is 7.84. The third-order valence-corrected chi connectivity index (χ3v) is 10.2. The van der Waals surface area contributed by atoms with Crippen molar-refractivity contribution in [3.63, 3.8) is 0 Å². The van der Waals surface area contributed by atoms with Crippen LogP contribution in [0.1, 0.15) is 64.1 Å². The highest BCUT2D eigenvalue weighted by atomic mass is 32.2. The van der Waals surface area contributed by atoms with Crippen LogP contribution in [-0.4, -0.2) is 30.4 Å². The zero-order valence-corrected chi connectivity index (χ0v) is 25.6. The number of carboxylic acids is 1. The van der Waals surface area contributed by atoms with Crippen LogP contribution >= 0.6 is 11.3 Å². The minimum absolute atomic E-state index is 0.0252. The number of carbonyl (C=O) groups is 1. The van der Waals surface area contributed by atoms with Gasteiger partial charge >= 0.3 is 5.97 Å². The van der Waals surface area contributed by atoms with Crippen LogP contribution in [0.3, 0.4) is 0 Å². The molecule has 44 heavy (non-hydrogen) atoms. The lowest BCUT2D eigenvalue weighted by Crippen LogP contribution is -2.14. The van der Waals surface area contributed by atoms with Crippen molar-refractivity contribution in [2.24, 2.45) is 11.1 Å². The standard InChI is InChI=1S/C34H31FN4O3S2/c35-28-15-21(10-13-31(28)44(36)42)14-27-30(16-20-8-9-20)39(34-37-29(19-43-34)33(40)41)38-32(27)26-7-3-6-24(18-26)25-12-11-22-4-1-2-5-23(22)17-25/h3,6-7,10-13,15,17-20H,1-2,4-5,8-9,14,16,36H2,(H,40,41). The average molecular weight is 627 g/mol. The maximum absolute atomic E-state index is 14.9. The Balaban J connectivity index is 1.36. The molecule has 2 heterocycles. The molecule has 0 bridgehead atoms. The van der Waals surface area contributed by atoms with Crippen LogP contribution in [-0.2, 0) is 37.0 Å². The highest BCUT2D eigenvalue weighted by Gasteiger charge is 2.30. The van der Waals surface area contributed by atoms with Gasteiger partial charge in [0.1, 0.15) is 0 Å². The van der Waals surface area contributed by atoms with Gasteiger partial charge in [0.2, 0.25) is 10.0 Å². The summed E-state index contributed by atoms with van der Waals surface area (Å²) in [5.41, 5.74) is 9.32. The highest BCUT2D eigenvalue weighted by Crippen LogP contribution is 2.39. The number of aromatic nitrogens is 3. The van der Waals surface area contributed by atoms with Gasteiger partial charge in [-0.25, -0.2) is 18.9 Å². The van der Waals surface area contributed by atoms with Gasteiger partial charge in [0.05, 0.1) is 22.7 Å². The van der Waals surface area contributed by atoms with Crippen LogP contribution < -0.4 is 5.14 Å². The fraction of sp³-hybridized carbons (Fsp3) is 0.265. The molecule has 1 atom stereocenters. The number of nitrogens with zero attached hydrogens (tertiary/aromatic N) is 3. The van der Waals surface area contributed by atoms with E-state index in [0.717, 1.165) is 65.7 Å². The number of rotatable bonds is 9. The Bertz CT molecular complexity index is 1880. The molecule has 10 heteroatoms. The van der Waals surface area contributed by atoms with E-state index in [1.165, 1.54) is 52.8 Å². The average Bonchev–Trinajstić information content (AvgIpc) is 3.58. The molecule has 2 aromatic heterocycles. The Morgan fingerprint density at radius 2 is 1.82 bits per heavy atom. The predicted octanol–water partition coefficient (Wildman–Crippen LogP) is 6.90. The first-order valence-electron chi connectivity index (χ1n) is 14.8. The molecule has 2 aliphatic carbocycles. The van der Waals surface area contributed by atoms with Gasteiger partial charge in [0.25, 0.3) is 0 Å². The molecule has 5 aromatic rings. The van der Waals surface area contributed by atoms with E-state index in [4.69, 9.17) is 10.2 Å². The monoisotopic (exact) mass is 626 g/mol. The summed E-state index contributed by atoms with van der Waals surface area (Å²) in [6.07, 6.45) is 8.03. The number of benzene rings is 3. The molecule has 224 valence electrons. The van der Waals surface area contributed by atoms with E-state index >= 15 is 0 Å². The largest absolute Gasteiger partial charge is 0.593 e. The first-order chi connectivity index (χ1) is 21.3. The van der Waals surface area contributed by atoms with Crippen molar-refractivity contribution in [2.45, 2.75) is 56.3 Å². The topological polar surface area (TPSA) is 117 Å². The zero-order chi connectivity index (χ0) is 30.4. The van der Waals surface area contributed by atoms with Crippen LogP contribution in [0.5, 0.6) is 0 Å². The van der Waals surface area contributed by atoms with E-state index in [0.29, 0.717) is 23.0 Å². The van der Waals surface area contributed by atoms with Gasteiger partial charge in [-0.3, -0.25) is 0 Å². The van der Waals surface area contributed by atoms with Gasteiger partial charge in [-0.2, -0.15) is 5.10 Å². The molecular weight excluding hydrogens is 596 g/mol. The molecule has 0 saturated heterocycles. The minimum atomic E-state index is -1.92. The molecule has 0 amide bonds. The summed E-state index contributed by atoms with van der Waals surface area (Å²) in [7, 11) is 0. The molecule has 3 aromatic carbocycles. The first kappa shape index (κ1) is 28.9. The van der Waals surface area contributed by atoms with Crippen LogP contribution in [0.15, 0.2) is 70.9 Å². The van der Waals surface area contributed by atoms with Crippen molar-refractivity contribution in [2.75, 3.05) is 0 Å². The highest BCUT2D eigenvalue weighted by molar-refractivity contribution is 7.89. The van der Waals surface area contributed by atoms with Crippen molar-refractivity contribution in [3.05, 3.63) is 106 Å². The molecule has 0 spiro atoms. The van der Waals surface area contributed by atoms with Crippen LogP contribution in [0, 0.1) is 11.7 Å². The Morgan fingerprint density at radius 3 is 2.55 bits per heavy atom. The number of nitrogens with two attached hydrogens (primary N) is 1. The Morgan fingerprint density at radius 1 is 1.05 bits per heavy atom. The number of aromatic carboxylic acids is 1. The summed E-state index contributed by atoms with van der Waals surface area (Å²) < 4.78 is 28.5. The third-order valence-electron chi connectivity index (χ3n) is 8.57. The Labute approximate surface area is 261 Å². The number of hydrogen-bond donors (Lipinski definition) is 2. The van der Waals surface area contributed by atoms with Gasteiger partial charge in [0.15, 0.2) is 11.5 Å². The van der Waals surface area contributed by atoms with Crippen molar-refractivity contribution < 1.29 is 18.8 Å². The van der Waals surface area contributed by atoms with E-state index in [2.05, 4.69) is 35.3 Å². The molecule has 1 unspecified atom stereocenters. The summed E-state index contributed by atoms with van der Waals surface area (Å²) in [4.78, 5) is 16.0. The number of aryl methyl sites for hydroxylation is 2. The second-order valence-corrected chi connectivity index (χ2v) is 13.5. The number of thiazole rings is 1. The van der Waals surface area contributed by atoms with Crippen molar-refractivity contribution in [3.8, 4) is 27.5 Å². The van der Waals surface area contributed by atoms with E-state index < -0.39 is 23.1 Å². The second kappa shape index (κ2) is 11.9. The lowest BCUT2D eigenvalue weighted by Gasteiger charge is -2.17. The number of carboxylic acid groups (broad SMARTS) is 1. The normalized spacial score (nSPS) is 15.2. The maximum atomic E-state index is 14.9. The van der Waals surface area contributed by atoms with Gasteiger partial charge < -0.3 is 9.66 Å². The summed E-state index contributed by atoms with van der Waals surface area (Å²) in [6.45, 7) is 0. The summed E-state index contributed by atoms with van der Waals surface area (Å²) in [6, 6.07) is 19.7. The van der Waals surface area contributed by atoms with Gasteiger partial charge in [-0.15, -0.1) is 16.5 Å². The van der Waals surface area contributed by atoms with E-state index in [1.54, 1.807) is 10.7 Å². The minimum Gasteiger partial charge on any atom is -0.593 e. The maximum Gasteiger partial charge on any atom is 0.355 e. The quantitative estimate of drug-likeness (QED) is 0.172. The van der Waals surface area contributed by atoms with Gasteiger partial charge in [-0.1, -0.05) is 42.5 Å². The summed E-state index contributed by atoms with van der Waals surface area (Å²) in [5, 5.41) is 22.1. The predicted molar refractivity (Wildman–Crippen MR) is 170 cm³/mol. The molecule has 2 aliphatic rings. The Hall–Kier alpha value is -3.83. The van der Waals surface area contributed by atoms with Crippen LogP contribution in [0.4, 0.5) is 4.39 Å². The lowest BCUT2D eigenvalue weighted by molar-refractivity contribution is 0.0691. The van der Waals surface area contributed by atoms with E-state index in [9.17, 15) is 18.8 Å². The summed E-state index contributed by atoms with van der Waals surface area (Å²) in [5.74, 6) is -1.20. The van der Waals surface area contributed by atoms with Gasteiger partial charge in [-0.05, 0) is 96.9 Å². The third kappa shape index (κ3) is 5.82. The SMILES string of the molecule is N[S+]([O-])c1ccc(Cc2c(-c3cccc(-c4ccc5c(c4)CCCC5)c3)nn(-c3nc(C(=O)O)cs3)c2CC2CC2)cc1F. The fourth-order valence-corrected chi connectivity index (χ4v) is 7.33. The summed E-state index contributed by atoms with van der Waals surface area (Å²) >= 11 is -0.686. The molecule has 1 fully saturated rings. The molecule has 1 saturated carbocycles. The van der Waals surface area contributed by atoms with Crippen molar-refractivity contribution in [1.82, 2.24) is 14.8 Å².